The van der Waals surface area contributed by atoms with Gasteiger partial charge in [-0.2, -0.15) is 0 Å². The molecular weight excluding hydrogens is 460 g/mol. The number of nitrogens with one attached hydrogen (secondary N) is 2. The lowest BCUT2D eigenvalue weighted by Crippen LogP contribution is -2.60. The van der Waals surface area contributed by atoms with E-state index >= 15 is 0 Å². The summed E-state index contributed by atoms with van der Waals surface area (Å²) in [6.45, 7) is 14.8. The SMILES string of the molecule is CC(C)C(=O)N[C@H](C(=O)N1CCC(C(C)C)[C@H]1C(=O)NC(CC1CC1)C(=O)C(=O)N1CC1)C(C)(C)C. The van der Waals surface area contributed by atoms with Crippen molar-refractivity contribution in [3.63, 3.8) is 0 Å². The van der Waals surface area contributed by atoms with Gasteiger partial charge in [-0.15, -0.1) is 0 Å². The van der Waals surface area contributed by atoms with Crippen molar-refractivity contribution in [2.24, 2.45) is 29.1 Å². The predicted molar refractivity (Wildman–Crippen MR) is 136 cm³/mol. The molecule has 9 nitrogen and oxygen atoms in total. The monoisotopic (exact) mass is 504 g/mol. The highest BCUT2D eigenvalue weighted by atomic mass is 16.2. The number of hydrogen-bond acceptors (Lipinski definition) is 5. The Labute approximate surface area is 215 Å². The molecule has 202 valence electrons. The minimum absolute atomic E-state index is 0.0880. The minimum atomic E-state index is -0.873. The molecular formula is C27H44N4O5. The third-order valence-corrected chi connectivity index (χ3v) is 7.62. The lowest BCUT2D eigenvalue weighted by Gasteiger charge is -2.37. The number of carbonyl (C=O) groups excluding carboxylic acids is 5. The fourth-order valence-corrected chi connectivity index (χ4v) is 4.95. The second-order valence-electron chi connectivity index (χ2n) is 12.5. The first-order chi connectivity index (χ1) is 16.7. The largest absolute Gasteiger partial charge is 0.344 e. The average Bonchev–Trinajstić information content (AvgIpc) is 3.72. The van der Waals surface area contributed by atoms with Gasteiger partial charge in [0.05, 0.1) is 6.04 Å². The van der Waals surface area contributed by atoms with Crippen LogP contribution < -0.4 is 10.6 Å². The molecule has 4 amide bonds. The molecule has 3 fully saturated rings. The van der Waals surface area contributed by atoms with E-state index in [1.54, 1.807) is 18.7 Å². The molecule has 1 aliphatic carbocycles. The quantitative estimate of drug-likeness (QED) is 0.347. The van der Waals surface area contributed by atoms with Crippen LogP contribution in [0.5, 0.6) is 0 Å². The predicted octanol–water partition coefficient (Wildman–Crippen LogP) is 1.74. The summed E-state index contributed by atoms with van der Waals surface area (Å²) in [5, 5.41) is 5.78. The molecule has 4 atom stereocenters. The Morgan fingerprint density at radius 3 is 1.97 bits per heavy atom. The van der Waals surface area contributed by atoms with Crippen molar-refractivity contribution in [2.45, 2.75) is 92.3 Å². The maximum atomic E-state index is 13.9. The fourth-order valence-electron chi connectivity index (χ4n) is 4.95. The Morgan fingerprint density at radius 1 is 0.889 bits per heavy atom. The van der Waals surface area contributed by atoms with E-state index in [1.165, 1.54) is 4.90 Å². The Balaban J connectivity index is 1.83. The van der Waals surface area contributed by atoms with Crippen LogP contribution in [0.15, 0.2) is 0 Å². The van der Waals surface area contributed by atoms with Gasteiger partial charge in [-0.05, 0) is 36.0 Å². The highest BCUT2D eigenvalue weighted by molar-refractivity contribution is 6.38. The maximum Gasteiger partial charge on any atom is 0.292 e. The van der Waals surface area contributed by atoms with Crippen LogP contribution in [0.25, 0.3) is 0 Å². The first-order valence-corrected chi connectivity index (χ1v) is 13.5. The van der Waals surface area contributed by atoms with Crippen molar-refractivity contribution in [1.29, 1.82) is 0 Å². The summed E-state index contributed by atoms with van der Waals surface area (Å²) >= 11 is 0. The molecule has 0 aromatic heterocycles. The third-order valence-electron chi connectivity index (χ3n) is 7.62. The van der Waals surface area contributed by atoms with Crippen molar-refractivity contribution in [3.8, 4) is 0 Å². The van der Waals surface area contributed by atoms with Gasteiger partial charge in [0.1, 0.15) is 12.1 Å². The maximum absolute atomic E-state index is 13.9. The van der Waals surface area contributed by atoms with Gasteiger partial charge < -0.3 is 20.4 Å². The third kappa shape index (κ3) is 6.65. The molecule has 0 spiro atoms. The highest BCUT2D eigenvalue weighted by Gasteiger charge is 2.48. The molecule has 36 heavy (non-hydrogen) atoms. The van der Waals surface area contributed by atoms with Crippen LogP contribution in [0, 0.1) is 29.1 Å². The Kier molecular flexibility index (Phi) is 8.51. The lowest BCUT2D eigenvalue weighted by atomic mass is 9.84. The van der Waals surface area contributed by atoms with Crippen molar-refractivity contribution < 1.29 is 24.0 Å². The van der Waals surface area contributed by atoms with E-state index in [0.717, 1.165) is 12.8 Å². The topological polar surface area (TPSA) is 116 Å². The second-order valence-corrected chi connectivity index (χ2v) is 12.5. The zero-order chi connectivity index (χ0) is 26.9. The number of amides is 4. The van der Waals surface area contributed by atoms with Crippen molar-refractivity contribution >= 4 is 29.4 Å². The lowest BCUT2D eigenvalue weighted by molar-refractivity contribution is -0.147. The van der Waals surface area contributed by atoms with Gasteiger partial charge in [0.2, 0.25) is 23.5 Å². The number of rotatable bonds is 10. The van der Waals surface area contributed by atoms with Gasteiger partial charge in [0.25, 0.3) is 5.91 Å². The van der Waals surface area contributed by atoms with Gasteiger partial charge in [-0.3, -0.25) is 24.0 Å². The molecule has 9 heteroatoms. The second kappa shape index (κ2) is 10.9. The molecule has 3 rings (SSSR count). The van der Waals surface area contributed by atoms with Crippen LogP contribution in [-0.4, -0.2) is 77.0 Å². The van der Waals surface area contributed by atoms with E-state index in [9.17, 15) is 24.0 Å². The van der Waals surface area contributed by atoms with Gasteiger partial charge in [-0.25, -0.2) is 0 Å². The molecule has 2 aliphatic heterocycles. The van der Waals surface area contributed by atoms with Crippen LogP contribution in [0.2, 0.25) is 0 Å². The fraction of sp³-hybridized carbons (Fsp3) is 0.815. The molecule has 2 heterocycles. The standard InChI is InChI=1S/C27H44N4O5/c1-15(2)18-10-11-31(26(36)22(27(5,6)7)29-23(33)16(3)4)20(18)24(34)28-19(14-17-8-9-17)21(32)25(35)30-12-13-30/h15-20,22H,8-14H2,1-7H3,(H,28,34)(H,29,33)/t18?,19?,20-,22+/m0/s1. The molecule has 0 aromatic carbocycles. The zero-order valence-electron chi connectivity index (χ0n) is 22.9. The summed E-state index contributed by atoms with van der Waals surface area (Å²) in [6, 6.07) is -2.42. The van der Waals surface area contributed by atoms with Crippen LogP contribution >= 0.6 is 0 Å². The first-order valence-electron chi connectivity index (χ1n) is 13.5. The van der Waals surface area contributed by atoms with Gasteiger partial charge in [-0.1, -0.05) is 61.3 Å². The molecule has 3 aliphatic rings. The summed E-state index contributed by atoms with van der Waals surface area (Å²) in [5.74, 6) is -1.90. The first kappa shape index (κ1) is 28.1. The molecule has 0 radical (unpaired) electrons. The molecule has 2 saturated heterocycles. The summed E-state index contributed by atoms with van der Waals surface area (Å²) in [5.41, 5.74) is -0.561. The van der Waals surface area contributed by atoms with Crippen molar-refractivity contribution in [1.82, 2.24) is 20.4 Å². The number of hydrogen-bond donors (Lipinski definition) is 2. The summed E-state index contributed by atoms with van der Waals surface area (Å²) in [7, 11) is 0. The number of Topliss-reactive ketones (excluding diaryl/α,β-unsaturated/α-hetero) is 1. The highest BCUT2D eigenvalue weighted by Crippen LogP contribution is 2.36. The molecule has 0 bridgehead atoms. The Bertz CT molecular complexity index is 885. The Morgan fingerprint density at radius 2 is 1.50 bits per heavy atom. The summed E-state index contributed by atoms with van der Waals surface area (Å²) in [4.78, 5) is 68.6. The zero-order valence-corrected chi connectivity index (χ0v) is 22.9. The van der Waals surface area contributed by atoms with Crippen molar-refractivity contribution in [2.75, 3.05) is 19.6 Å². The Hall–Kier alpha value is -2.45. The van der Waals surface area contributed by atoms with Crippen LogP contribution in [0.1, 0.15) is 74.1 Å². The summed E-state index contributed by atoms with van der Waals surface area (Å²) < 4.78 is 0. The number of likely N-dealkylation sites (tertiary alicyclic amines) is 1. The van der Waals surface area contributed by atoms with Gasteiger partial charge in [0.15, 0.2) is 0 Å². The van der Waals surface area contributed by atoms with E-state index in [2.05, 4.69) is 10.6 Å². The van der Waals surface area contributed by atoms with E-state index < -0.39 is 35.2 Å². The number of nitrogens with zero attached hydrogens (tertiary/aromatic N) is 2. The molecule has 0 aromatic rings. The minimum Gasteiger partial charge on any atom is -0.344 e. The average molecular weight is 505 g/mol. The van der Waals surface area contributed by atoms with E-state index in [0.29, 0.717) is 38.4 Å². The normalized spacial score (nSPS) is 23.5. The number of ketones is 1. The summed E-state index contributed by atoms with van der Waals surface area (Å²) in [6.07, 6.45) is 3.09. The van der Waals surface area contributed by atoms with Gasteiger partial charge >= 0.3 is 0 Å². The molecule has 1 saturated carbocycles. The smallest absolute Gasteiger partial charge is 0.292 e. The van der Waals surface area contributed by atoms with Gasteiger partial charge in [0, 0.05) is 25.6 Å². The van der Waals surface area contributed by atoms with E-state index in [1.807, 2.05) is 34.6 Å². The van der Waals surface area contributed by atoms with Crippen molar-refractivity contribution in [3.05, 3.63) is 0 Å². The number of carbonyl (C=O) groups is 5. The van der Waals surface area contributed by atoms with Crippen LogP contribution in [-0.2, 0) is 24.0 Å². The van der Waals surface area contributed by atoms with E-state index in [-0.39, 0.29) is 35.5 Å². The molecule has 2 unspecified atom stereocenters. The van der Waals surface area contributed by atoms with E-state index in [4.69, 9.17) is 0 Å². The van der Waals surface area contributed by atoms with Crippen LogP contribution in [0.3, 0.4) is 0 Å². The van der Waals surface area contributed by atoms with Crippen LogP contribution in [0.4, 0.5) is 0 Å². The molecule has 2 N–H and O–H groups in total.